The van der Waals surface area contributed by atoms with Gasteiger partial charge in [-0.15, -0.1) is 0 Å². The molecule has 30 heavy (non-hydrogen) atoms. The number of hydrogen-bond donors (Lipinski definition) is 0. The van der Waals surface area contributed by atoms with Crippen molar-refractivity contribution in [2.24, 2.45) is 0 Å². The van der Waals surface area contributed by atoms with E-state index >= 15 is 0 Å². The summed E-state index contributed by atoms with van der Waals surface area (Å²) >= 11 is 0. The number of para-hydroxylation sites is 1. The van der Waals surface area contributed by atoms with Crippen LogP contribution in [0.4, 0.5) is 5.69 Å². The van der Waals surface area contributed by atoms with E-state index in [1.54, 1.807) is 10.4 Å². The second-order valence-electron chi connectivity index (χ2n) is 8.39. The quantitative estimate of drug-likeness (QED) is 0.753. The van der Waals surface area contributed by atoms with E-state index in [0.29, 0.717) is 37.6 Å². The first kappa shape index (κ1) is 19.7. The minimum atomic E-state index is -3.48. The fourth-order valence-corrected chi connectivity index (χ4v) is 6.33. The predicted molar refractivity (Wildman–Crippen MR) is 116 cm³/mol. The smallest absolute Gasteiger partial charge is 0.243 e. The van der Waals surface area contributed by atoms with E-state index in [0.717, 1.165) is 37.9 Å². The van der Waals surface area contributed by atoms with Crippen LogP contribution < -0.4 is 4.90 Å². The van der Waals surface area contributed by atoms with Crippen molar-refractivity contribution >= 4 is 21.6 Å². The molecule has 1 saturated heterocycles. The lowest BCUT2D eigenvalue weighted by atomic mass is 10.1. The molecule has 1 amide bonds. The standard InChI is InChI=1S/C23H27N3O3S/c27-23(26-11-10-19-4-1-2-7-22(19)26)17-24-12-14-25(15-13-24)30(28,29)21-9-8-18-5-3-6-20(18)16-21/h1-2,4,7-9,16H,3,5-6,10-15,17H2. The van der Waals surface area contributed by atoms with Crippen molar-refractivity contribution in [2.75, 3.05) is 44.2 Å². The van der Waals surface area contributed by atoms with Gasteiger partial charge in [0, 0.05) is 38.4 Å². The summed E-state index contributed by atoms with van der Waals surface area (Å²) in [5.74, 6) is 0.0925. The second-order valence-corrected chi connectivity index (χ2v) is 10.3. The molecule has 0 saturated carbocycles. The Morgan fingerprint density at radius 3 is 2.43 bits per heavy atom. The first-order valence-corrected chi connectivity index (χ1v) is 12.2. The molecule has 158 valence electrons. The first-order valence-electron chi connectivity index (χ1n) is 10.7. The van der Waals surface area contributed by atoms with Crippen LogP contribution in [0, 0.1) is 0 Å². The number of piperazine rings is 1. The van der Waals surface area contributed by atoms with Crippen molar-refractivity contribution in [1.82, 2.24) is 9.21 Å². The number of sulfonamides is 1. The summed E-state index contributed by atoms with van der Waals surface area (Å²) in [5.41, 5.74) is 4.68. The third kappa shape index (κ3) is 3.55. The van der Waals surface area contributed by atoms with Crippen molar-refractivity contribution in [2.45, 2.75) is 30.6 Å². The Morgan fingerprint density at radius 2 is 1.60 bits per heavy atom. The molecule has 0 radical (unpaired) electrons. The van der Waals surface area contributed by atoms with Gasteiger partial charge in [-0.25, -0.2) is 8.42 Å². The SMILES string of the molecule is O=C(CN1CCN(S(=O)(=O)c2ccc3c(c2)CCC3)CC1)N1CCc2ccccc21. The van der Waals surface area contributed by atoms with Crippen LogP contribution in [-0.4, -0.2) is 62.8 Å². The maximum absolute atomic E-state index is 13.1. The zero-order chi connectivity index (χ0) is 20.7. The van der Waals surface area contributed by atoms with Crippen LogP contribution in [0.5, 0.6) is 0 Å². The van der Waals surface area contributed by atoms with E-state index in [-0.39, 0.29) is 5.91 Å². The van der Waals surface area contributed by atoms with E-state index in [1.165, 1.54) is 16.7 Å². The molecule has 6 nitrogen and oxygen atoms in total. The van der Waals surface area contributed by atoms with Gasteiger partial charge in [0.2, 0.25) is 15.9 Å². The Balaban J connectivity index is 1.21. The number of carbonyl (C=O) groups excluding carboxylic acids is 1. The minimum Gasteiger partial charge on any atom is -0.311 e. The van der Waals surface area contributed by atoms with Gasteiger partial charge < -0.3 is 4.90 Å². The monoisotopic (exact) mass is 425 g/mol. The van der Waals surface area contributed by atoms with Gasteiger partial charge in [-0.2, -0.15) is 4.31 Å². The highest BCUT2D eigenvalue weighted by atomic mass is 32.2. The van der Waals surface area contributed by atoms with Crippen molar-refractivity contribution in [3.8, 4) is 0 Å². The molecule has 0 unspecified atom stereocenters. The number of anilines is 1. The van der Waals surface area contributed by atoms with Gasteiger partial charge in [0.15, 0.2) is 0 Å². The van der Waals surface area contributed by atoms with Gasteiger partial charge in [-0.3, -0.25) is 9.69 Å². The molecule has 0 spiro atoms. The Bertz CT molecular complexity index is 1070. The van der Waals surface area contributed by atoms with E-state index in [2.05, 4.69) is 11.0 Å². The van der Waals surface area contributed by atoms with Crippen molar-refractivity contribution in [1.29, 1.82) is 0 Å². The van der Waals surface area contributed by atoms with Gasteiger partial charge in [-0.1, -0.05) is 24.3 Å². The number of hydrogen-bond acceptors (Lipinski definition) is 4. The molecule has 1 aliphatic carbocycles. The normalized spacial score (nSPS) is 19.7. The van der Waals surface area contributed by atoms with Crippen LogP contribution in [0.25, 0.3) is 0 Å². The summed E-state index contributed by atoms with van der Waals surface area (Å²) in [6, 6.07) is 13.6. The largest absolute Gasteiger partial charge is 0.311 e. The number of amides is 1. The lowest BCUT2D eigenvalue weighted by Crippen LogP contribution is -2.51. The summed E-state index contributed by atoms with van der Waals surface area (Å²) < 4.78 is 27.8. The Kier molecular flexibility index (Phi) is 5.13. The molecule has 7 heteroatoms. The molecule has 0 bridgehead atoms. The highest BCUT2D eigenvalue weighted by Gasteiger charge is 2.31. The van der Waals surface area contributed by atoms with E-state index in [9.17, 15) is 13.2 Å². The maximum Gasteiger partial charge on any atom is 0.243 e. The fraction of sp³-hybridized carbons (Fsp3) is 0.435. The molecule has 0 N–H and O–H groups in total. The molecular formula is C23H27N3O3S. The lowest BCUT2D eigenvalue weighted by Gasteiger charge is -2.34. The van der Waals surface area contributed by atoms with E-state index in [4.69, 9.17) is 0 Å². The summed E-state index contributed by atoms with van der Waals surface area (Å²) in [6.45, 7) is 3.05. The third-order valence-electron chi connectivity index (χ3n) is 6.59. The highest BCUT2D eigenvalue weighted by Crippen LogP contribution is 2.28. The average molecular weight is 426 g/mol. The zero-order valence-corrected chi connectivity index (χ0v) is 17.9. The van der Waals surface area contributed by atoms with E-state index < -0.39 is 10.0 Å². The summed E-state index contributed by atoms with van der Waals surface area (Å²) in [4.78, 5) is 17.2. The van der Waals surface area contributed by atoms with Crippen LogP contribution in [0.2, 0.25) is 0 Å². The molecule has 2 heterocycles. The molecule has 3 aliphatic rings. The van der Waals surface area contributed by atoms with Crippen LogP contribution in [-0.2, 0) is 34.1 Å². The Hall–Kier alpha value is -2.22. The van der Waals surface area contributed by atoms with Crippen LogP contribution in [0.15, 0.2) is 47.4 Å². The molecule has 0 aromatic heterocycles. The van der Waals surface area contributed by atoms with Crippen molar-refractivity contribution in [3.63, 3.8) is 0 Å². The molecule has 2 aromatic rings. The van der Waals surface area contributed by atoms with E-state index in [1.807, 2.05) is 35.2 Å². The van der Waals surface area contributed by atoms with Gasteiger partial charge in [0.25, 0.3) is 0 Å². The maximum atomic E-state index is 13.1. The molecular weight excluding hydrogens is 398 g/mol. The number of benzene rings is 2. The molecule has 1 fully saturated rings. The van der Waals surface area contributed by atoms with Crippen molar-refractivity contribution < 1.29 is 13.2 Å². The predicted octanol–water partition coefficient (Wildman–Crippen LogP) is 2.07. The number of carbonyl (C=O) groups is 1. The number of rotatable bonds is 4. The molecule has 5 rings (SSSR count). The summed E-state index contributed by atoms with van der Waals surface area (Å²) in [7, 11) is -3.48. The van der Waals surface area contributed by atoms with Gasteiger partial charge in [-0.05, 0) is 60.6 Å². The topological polar surface area (TPSA) is 60.9 Å². The third-order valence-corrected chi connectivity index (χ3v) is 8.48. The van der Waals surface area contributed by atoms with Gasteiger partial charge in [0.1, 0.15) is 0 Å². The summed E-state index contributed by atoms with van der Waals surface area (Å²) in [6.07, 6.45) is 4.01. The Morgan fingerprint density at radius 1 is 0.833 bits per heavy atom. The number of aryl methyl sites for hydroxylation is 2. The minimum absolute atomic E-state index is 0.0925. The second kappa shape index (κ2) is 7.80. The first-order chi connectivity index (χ1) is 14.5. The fourth-order valence-electron chi connectivity index (χ4n) is 4.86. The highest BCUT2D eigenvalue weighted by molar-refractivity contribution is 7.89. The number of nitrogens with zero attached hydrogens (tertiary/aromatic N) is 3. The van der Waals surface area contributed by atoms with Crippen molar-refractivity contribution in [3.05, 3.63) is 59.2 Å². The van der Waals surface area contributed by atoms with Gasteiger partial charge >= 0.3 is 0 Å². The average Bonchev–Trinajstić information content (AvgIpc) is 3.40. The molecule has 2 aliphatic heterocycles. The van der Waals surface area contributed by atoms with Gasteiger partial charge in [0.05, 0.1) is 11.4 Å². The number of fused-ring (bicyclic) bond motifs is 2. The Labute approximate surface area is 178 Å². The lowest BCUT2D eigenvalue weighted by molar-refractivity contribution is -0.119. The zero-order valence-electron chi connectivity index (χ0n) is 17.1. The molecule has 0 atom stereocenters. The van der Waals surface area contributed by atoms with Crippen LogP contribution in [0.1, 0.15) is 23.1 Å². The molecule has 2 aromatic carbocycles. The summed E-state index contributed by atoms with van der Waals surface area (Å²) in [5, 5.41) is 0. The van der Waals surface area contributed by atoms with Crippen LogP contribution in [0.3, 0.4) is 0 Å². The van der Waals surface area contributed by atoms with Crippen LogP contribution >= 0.6 is 0 Å².